The van der Waals surface area contributed by atoms with Gasteiger partial charge in [-0.1, -0.05) is 5.06 Å². The molecule has 2 amide bonds. The predicted molar refractivity (Wildman–Crippen MR) is 76.6 cm³/mol. The lowest BCUT2D eigenvalue weighted by atomic mass is 10.3. The van der Waals surface area contributed by atoms with Crippen molar-refractivity contribution >= 4 is 18.0 Å². The maximum atomic E-state index is 11.6. The number of ether oxygens (including phenoxy) is 3. The van der Waals surface area contributed by atoms with E-state index >= 15 is 0 Å². The van der Waals surface area contributed by atoms with Gasteiger partial charge >= 0.3 is 6.16 Å². The Morgan fingerprint density at radius 2 is 1.65 bits per heavy atom. The summed E-state index contributed by atoms with van der Waals surface area (Å²) >= 11 is 0. The fourth-order valence-corrected chi connectivity index (χ4v) is 1.84. The smallest absolute Gasteiger partial charge is 0.494 e. The van der Waals surface area contributed by atoms with Gasteiger partial charge in [-0.3, -0.25) is 14.4 Å². The van der Waals surface area contributed by atoms with Gasteiger partial charge in [-0.25, -0.2) is 4.79 Å². The van der Waals surface area contributed by atoms with Crippen LogP contribution in [0, 0.1) is 0 Å². The summed E-state index contributed by atoms with van der Waals surface area (Å²) in [5, 5.41) is 0.426. The first-order valence-corrected chi connectivity index (χ1v) is 7.07. The van der Waals surface area contributed by atoms with Crippen molar-refractivity contribution in [2.75, 3.05) is 20.3 Å². The zero-order valence-electron chi connectivity index (χ0n) is 12.6. The van der Waals surface area contributed by atoms with E-state index in [1.54, 1.807) is 19.2 Å². The Morgan fingerprint density at radius 1 is 1.04 bits per heavy atom. The van der Waals surface area contributed by atoms with Crippen LogP contribution >= 0.6 is 0 Å². The summed E-state index contributed by atoms with van der Waals surface area (Å²) in [5.41, 5.74) is 0. The van der Waals surface area contributed by atoms with Crippen molar-refractivity contribution in [3.05, 3.63) is 24.3 Å². The third-order valence-corrected chi connectivity index (χ3v) is 2.96. The molecule has 2 rings (SSSR count). The van der Waals surface area contributed by atoms with Crippen molar-refractivity contribution in [1.82, 2.24) is 5.06 Å². The summed E-state index contributed by atoms with van der Waals surface area (Å²) in [6.45, 7) is 1.12. The van der Waals surface area contributed by atoms with E-state index in [2.05, 4.69) is 4.84 Å². The van der Waals surface area contributed by atoms with Crippen LogP contribution in [0.15, 0.2) is 24.3 Å². The molecule has 1 aromatic carbocycles. The molecule has 0 aliphatic carbocycles. The van der Waals surface area contributed by atoms with E-state index < -0.39 is 18.0 Å². The molecule has 0 radical (unpaired) electrons. The van der Waals surface area contributed by atoms with Crippen LogP contribution in [0.5, 0.6) is 11.5 Å². The highest BCUT2D eigenvalue weighted by Gasteiger charge is 2.33. The van der Waals surface area contributed by atoms with E-state index in [9.17, 15) is 14.4 Å². The number of hydrogen-bond acceptors (Lipinski definition) is 7. The Balaban J connectivity index is 1.79. The van der Waals surface area contributed by atoms with E-state index in [0.717, 1.165) is 6.42 Å². The molecule has 0 aromatic heterocycles. The summed E-state index contributed by atoms with van der Waals surface area (Å²) in [7, 11) is 1.62. The standard InChI is InChI=1S/C15H17NO7/c1-20-9-2-10-21-11-3-5-12(6-4-11)22-15(19)23-16-13(17)7-8-14(16)18/h3-6H,2,7-10H2,1H3. The number of carbonyl (C=O) groups excluding carboxylic acids is 3. The van der Waals surface area contributed by atoms with E-state index in [-0.39, 0.29) is 18.6 Å². The van der Waals surface area contributed by atoms with Crippen molar-refractivity contribution in [3.63, 3.8) is 0 Å². The zero-order valence-corrected chi connectivity index (χ0v) is 12.6. The van der Waals surface area contributed by atoms with Crippen molar-refractivity contribution in [2.24, 2.45) is 0 Å². The second-order valence-electron chi connectivity index (χ2n) is 4.69. The molecular formula is C15H17NO7. The minimum Gasteiger partial charge on any atom is -0.494 e. The van der Waals surface area contributed by atoms with Crippen LogP contribution in [0.25, 0.3) is 0 Å². The van der Waals surface area contributed by atoms with Gasteiger partial charge in [0.1, 0.15) is 11.5 Å². The fourth-order valence-electron chi connectivity index (χ4n) is 1.84. The molecule has 1 aliphatic rings. The second-order valence-corrected chi connectivity index (χ2v) is 4.69. The summed E-state index contributed by atoms with van der Waals surface area (Å²) in [6, 6.07) is 6.28. The molecule has 1 aliphatic heterocycles. The molecule has 0 bridgehead atoms. The second kappa shape index (κ2) is 8.14. The topological polar surface area (TPSA) is 91.4 Å². The van der Waals surface area contributed by atoms with Crippen LogP contribution in [0.1, 0.15) is 19.3 Å². The fraction of sp³-hybridized carbons (Fsp3) is 0.400. The van der Waals surface area contributed by atoms with E-state index in [4.69, 9.17) is 14.2 Å². The van der Waals surface area contributed by atoms with Crippen LogP contribution in [0.2, 0.25) is 0 Å². The molecule has 8 heteroatoms. The number of amides is 2. The van der Waals surface area contributed by atoms with Crippen molar-refractivity contribution < 1.29 is 33.4 Å². The number of benzene rings is 1. The number of carbonyl (C=O) groups is 3. The molecule has 1 saturated heterocycles. The Hall–Kier alpha value is -2.61. The molecule has 1 aromatic rings. The molecule has 124 valence electrons. The number of rotatable bonds is 7. The summed E-state index contributed by atoms with van der Waals surface area (Å²) in [6.07, 6.45) is -0.330. The van der Waals surface area contributed by atoms with Crippen LogP contribution in [-0.4, -0.2) is 43.4 Å². The van der Waals surface area contributed by atoms with Crippen LogP contribution in [0.4, 0.5) is 4.79 Å². The van der Waals surface area contributed by atoms with Crippen molar-refractivity contribution in [3.8, 4) is 11.5 Å². The minimum absolute atomic E-state index is 0.0290. The molecule has 0 spiro atoms. The molecule has 23 heavy (non-hydrogen) atoms. The van der Waals surface area contributed by atoms with Gasteiger partial charge in [0, 0.05) is 33.0 Å². The first kappa shape index (κ1) is 16.8. The van der Waals surface area contributed by atoms with Crippen LogP contribution < -0.4 is 9.47 Å². The van der Waals surface area contributed by atoms with E-state index in [0.29, 0.717) is 24.0 Å². The largest absolute Gasteiger partial charge is 0.539 e. The lowest BCUT2D eigenvalue weighted by Crippen LogP contribution is -2.33. The van der Waals surface area contributed by atoms with E-state index in [1.807, 2.05) is 0 Å². The quantitative estimate of drug-likeness (QED) is 0.326. The first-order chi connectivity index (χ1) is 11.1. The molecule has 1 fully saturated rings. The van der Waals surface area contributed by atoms with Gasteiger partial charge in [0.2, 0.25) is 0 Å². The zero-order chi connectivity index (χ0) is 16.7. The summed E-state index contributed by atoms with van der Waals surface area (Å²) < 4.78 is 15.3. The Labute approximate surface area is 132 Å². The third-order valence-electron chi connectivity index (χ3n) is 2.96. The lowest BCUT2D eigenvalue weighted by molar-refractivity contribution is -0.174. The van der Waals surface area contributed by atoms with Crippen LogP contribution in [0.3, 0.4) is 0 Å². The molecule has 0 N–H and O–H groups in total. The van der Waals surface area contributed by atoms with Gasteiger partial charge in [0.15, 0.2) is 0 Å². The highest BCUT2D eigenvalue weighted by atomic mass is 16.8. The van der Waals surface area contributed by atoms with Gasteiger partial charge in [-0.15, -0.1) is 0 Å². The van der Waals surface area contributed by atoms with Gasteiger partial charge in [0.05, 0.1) is 6.61 Å². The van der Waals surface area contributed by atoms with Gasteiger partial charge < -0.3 is 14.2 Å². The summed E-state index contributed by atoms with van der Waals surface area (Å²) in [4.78, 5) is 38.8. The average Bonchev–Trinajstić information content (AvgIpc) is 2.85. The number of imide groups is 1. The number of methoxy groups -OCH3 is 1. The molecule has 0 saturated carbocycles. The first-order valence-electron chi connectivity index (χ1n) is 7.07. The summed E-state index contributed by atoms with van der Waals surface area (Å²) in [5.74, 6) is -0.302. The van der Waals surface area contributed by atoms with Gasteiger partial charge in [-0.2, -0.15) is 0 Å². The molecular weight excluding hydrogens is 306 g/mol. The molecule has 8 nitrogen and oxygen atoms in total. The maximum absolute atomic E-state index is 11.6. The van der Waals surface area contributed by atoms with E-state index in [1.165, 1.54) is 12.1 Å². The molecule has 0 atom stereocenters. The predicted octanol–water partition coefficient (Wildman–Crippen LogP) is 1.68. The highest BCUT2D eigenvalue weighted by Crippen LogP contribution is 2.19. The third kappa shape index (κ3) is 4.96. The Bertz CT molecular complexity index is 554. The molecule has 1 heterocycles. The SMILES string of the molecule is COCCCOc1ccc(OC(=O)ON2C(=O)CCC2=O)cc1. The van der Waals surface area contributed by atoms with Crippen molar-refractivity contribution in [1.29, 1.82) is 0 Å². The van der Waals surface area contributed by atoms with Crippen LogP contribution in [-0.2, 0) is 19.2 Å². The Kier molecular flexibility index (Phi) is 5.93. The number of hydroxylamine groups is 2. The monoisotopic (exact) mass is 323 g/mol. The van der Waals surface area contributed by atoms with Crippen molar-refractivity contribution in [2.45, 2.75) is 19.3 Å². The Morgan fingerprint density at radius 3 is 2.26 bits per heavy atom. The number of hydrogen-bond donors (Lipinski definition) is 0. The minimum atomic E-state index is -1.15. The maximum Gasteiger partial charge on any atom is 0.539 e. The average molecular weight is 323 g/mol. The van der Waals surface area contributed by atoms with Gasteiger partial charge in [0.25, 0.3) is 11.8 Å². The normalized spacial score (nSPS) is 14.0. The van der Waals surface area contributed by atoms with Gasteiger partial charge in [-0.05, 0) is 24.3 Å². The highest BCUT2D eigenvalue weighted by molar-refractivity contribution is 6.01. The lowest BCUT2D eigenvalue weighted by Gasteiger charge is -2.12. The molecule has 0 unspecified atom stereocenters. The number of nitrogens with zero attached hydrogens (tertiary/aromatic N) is 1.